The van der Waals surface area contributed by atoms with Crippen molar-refractivity contribution in [2.75, 3.05) is 19.7 Å². The van der Waals surface area contributed by atoms with Gasteiger partial charge in [-0.1, -0.05) is 37.5 Å². The molecule has 1 saturated heterocycles. The van der Waals surface area contributed by atoms with Crippen LogP contribution in [-0.4, -0.2) is 49.4 Å². The van der Waals surface area contributed by atoms with E-state index in [1.807, 2.05) is 31.2 Å². The minimum atomic E-state index is -3.09. The first-order valence-corrected chi connectivity index (χ1v) is 11.3. The lowest BCUT2D eigenvalue weighted by molar-refractivity contribution is -0.134. The molecule has 0 unspecified atom stereocenters. The molecule has 0 N–H and O–H groups in total. The van der Waals surface area contributed by atoms with Gasteiger partial charge in [0.25, 0.3) is 0 Å². The molecule has 1 aromatic carbocycles. The highest BCUT2D eigenvalue weighted by Gasteiger charge is 2.43. The van der Waals surface area contributed by atoms with E-state index in [4.69, 9.17) is 4.74 Å². The zero-order chi connectivity index (χ0) is 18.6. The summed E-state index contributed by atoms with van der Waals surface area (Å²) in [6.45, 7) is 3.27. The molecule has 26 heavy (non-hydrogen) atoms. The Balaban J connectivity index is 1.49. The van der Waals surface area contributed by atoms with Crippen LogP contribution in [0.25, 0.3) is 0 Å². The minimum absolute atomic E-state index is 0.0337. The molecule has 0 atom stereocenters. The average Bonchev–Trinajstić information content (AvgIpc) is 2.60. The highest BCUT2D eigenvalue weighted by molar-refractivity contribution is 7.92. The molecule has 0 bridgehead atoms. The van der Waals surface area contributed by atoms with Gasteiger partial charge >= 0.3 is 0 Å². The van der Waals surface area contributed by atoms with Crippen LogP contribution in [0.4, 0.5) is 0 Å². The summed E-state index contributed by atoms with van der Waals surface area (Å²) in [5.74, 6) is 0.857. The van der Waals surface area contributed by atoms with Crippen molar-refractivity contribution in [2.24, 2.45) is 0 Å². The van der Waals surface area contributed by atoms with Crippen molar-refractivity contribution in [3.05, 3.63) is 29.8 Å². The van der Waals surface area contributed by atoms with Gasteiger partial charge in [-0.2, -0.15) is 0 Å². The fraction of sp³-hybridized carbons (Fsp3) is 0.650. The number of carbonyl (C=O) groups is 1. The predicted octanol–water partition coefficient (Wildman–Crippen LogP) is 2.98. The van der Waals surface area contributed by atoms with Crippen LogP contribution >= 0.6 is 0 Å². The Bertz CT molecular complexity index is 719. The number of nitrogens with zero attached hydrogens (tertiary/aromatic N) is 1. The number of benzene rings is 1. The molecule has 1 saturated carbocycles. The van der Waals surface area contributed by atoms with E-state index in [0.717, 1.165) is 43.4 Å². The molecule has 0 spiro atoms. The lowest BCUT2D eigenvalue weighted by Crippen LogP contribution is -2.58. The molecule has 6 heteroatoms. The van der Waals surface area contributed by atoms with E-state index in [9.17, 15) is 13.2 Å². The second-order valence-corrected chi connectivity index (χ2v) is 9.82. The highest BCUT2D eigenvalue weighted by atomic mass is 32.2. The largest absolute Gasteiger partial charge is 0.494 e. The van der Waals surface area contributed by atoms with Crippen LogP contribution in [0.2, 0.25) is 0 Å². The van der Waals surface area contributed by atoms with Gasteiger partial charge in [-0.25, -0.2) is 8.42 Å². The maximum absolute atomic E-state index is 12.7. The Morgan fingerprint density at radius 1 is 1.12 bits per heavy atom. The lowest BCUT2D eigenvalue weighted by Gasteiger charge is -2.41. The van der Waals surface area contributed by atoms with Crippen molar-refractivity contribution < 1.29 is 17.9 Å². The fourth-order valence-electron chi connectivity index (χ4n) is 3.92. The molecule has 3 rings (SSSR count). The second-order valence-electron chi connectivity index (χ2n) is 7.31. The van der Waals surface area contributed by atoms with Crippen LogP contribution < -0.4 is 4.74 Å². The first-order chi connectivity index (χ1) is 12.5. The van der Waals surface area contributed by atoms with Crippen molar-refractivity contribution in [3.8, 4) is 5.75 Å². The first kappa shape index (κ1) is 19.2. The number of aryl methyl sites for hydroxylation is 1. The molecule has 1 aliphatic heterocycles. The molecule has 5 nitrogen and oxygen atoms in total. The molecule has 1 heterocycles. The molecule has 0 aromatic heterocycles. The number of likely N-dealkylation sites (tertiary alicyclic amines) is 1. The normalized spacial score (nSPS) is 19.2. The van der Waals surface area contributed by atoms with Crippen molar-refractivity contribution in [2.45, 2.75) is 62.4 Å². The molecular weight excluding hydrogens is 350 g/mol. The molecular formula is C20H29NO4S. The van der Waals surface area contributed by atoms with E-state index < -0.39 is 9.84 Å². The van der Waals surface area contributed by atoms with E-state index in [0.29, 0.717) is 32.5 Å². The number of amides is 1. The molecule has 0 radical (unpaired) electrons. The summed E-state index contributed by atoms with van der Waals surface area (Å²) in [4.78, 5) is 14.1. The van der Waals surface area contributed by atoms with Gasteiger partial charge in [-0.05, 0) is 37.8 Å². The quantitative estimate of drug-likeness (QED) is 0.731. The number of rotatable bonds is 7. The first-order valence-electron chi connectivity index (χ1n) is 9.73. The minimum Gasteiger partial charge on any atom is -0.494 e. The number of sulfone groups is 1. The maximum Gasteiger partial charge on any atom is 0.222 e. The fourth-order valence-corrected chi connectivity index (χ4v) is 6.23. The Morgan fingerprint density at radius 2 is 1.81 bits per heavy atom. The average molecular weight is 380 g/mol. The summed E-state index contributed by atoms with van der Waals surface area (Å²) in [6.07, 6.45) is 5.76. The van der Waals surface area contributed by atoms with Gasteiger partial charge in [0.1, 0.15) is 5.75 Å². The number of carbonyl (C=O) groups excluding carboxylic acids is 1. The number of hydrogen-bond donors (Lipinski definition) is 0. The Labute approximate surface area is 156 Å². The smallest absolute Gasteiger partial charge is 0.222 e. The summed E-state index contributed by atoms with van der Waals surface area (Å²) >= 11 is 0. The highest BCUT2D eigenvalue weighted by Crippen LogP contribution is 2.30. The molecule has 2 fully saturated rings. The van der Waals surface area contributed by atoms with Crippen LogP contribution in [-0.2, 0) is 21.1 Å². The zero-order valence-electron chi connectivity index (χ0n) is 15.5. The van der Waals surface area contributed by atoms with E-state index in [1.165, 1.54) is 0 Å². The van der Waals surface area contributed by atoms with Gasteiger partial charge in [0.2, 0.25) is 5.91 Å². The van der Waals surface area contributed by atoms with E-state index in [1.54, 1.807) is 4.90 Å². The monoisotopic (exact) mass is 379 g/mol. The van der Waals surface area contributed by atoms with E-state index >= 15 is 0 Å². The van der Waals surface area contributed by atoms with Gasteiger partial charge in [0, 0.05) is 19.5 Å². The van der Waals surface area contributed by atoms with Crippen molar-refractivity contribution in [3.63, 3.8) is 0 Å². The second kappa shape index (κ2) is 8.42. The number of hydrogen-bond acceptors (Lipinski definition) is 4. The van der Waals surface area contributed by atoms with E-state index in [2.05, 4.69) is 0 Å². The number of para-hydroxylation sites is 1. The van der Waals surface area contributed by atoms with Gasteiger partial charge in [-0.3, -0.25) is 4.79 Å². The van der Waals surface area contributed by atoms with Crippen LogP contribution in [0.5, 0.6) is 5.75 Å². The Kier molecular flexibility index (Phi) is 6.22. The van der Waals surface area contributed by atoms with Gasteiger partial charge in [0.05, 0.1) is 17.1 Å². The third kappa shape index (κ3) is 4.22. The van der Waals surface area contributed by atoms with Gasteiger partial charge < -0.3 is 9.64 Å². The predicted molar refractivity (Wildman–Crippen MR) is 102 cm³/mol. The summed E-state index contributed by atoms with van der Waals surface area (Å²) in [5.41, 5.74) is 1.02. The summed E-state index contributed by atoms with van der Waals surface area (Å²) in [6, 6.07) is 7.76. The molecule has 1 amide bonds. The standard InChI is InChI=1S/C20H29NO4S/c1-2-25-19-11-7-6-8-16(19)12-13-20(22)21-14-18(15-21)26(23,24)17-9-4-3-5-10-17/h6-8,11,17-18H,2-5,9-10,12-15H2,1H3. The van der Waals surface area contributed by atoms with Crippen molar-refractivity contribution in [1.29, 1.82) is 0 Å². The van der Waals surface area contributed by atoms with Crippen molar-refractivity contribution in [1.82, 2.24) is 4.90 Å². The third-order valence-corrected chi connectivity index (χ3v) is 8.19. The Hall–Kier alpha value is -1.56. The topological polar surface area (TPSA) is 63.7 Å². The van der Waals surface area contributed by atoms with Crippen molar-refractivity contribution >= 4 is 15.7 Å². The van der Waals surface area contributed by atoms with Crippen LogP contribution in [0.3, 0.4) is 0 Å². The van der Waals surface area contributed by atoms with Crippen LogP contribution in [0.15, 0.2) is 24.3 Å². The lowest BCUT2D eigenvalue weighted by atomic mass is 10.0. The summed E-state index contributed by atoms with van der Waals surface area (Å²) in [5, 5.41) is -0.540. The molecule has 1 aliphatic carbocycles. The Morgan fingerprint density at radius 3 is 2.50 bits per heavy atom. The zero-order valence-corrected chi connectivity index (χ0v) is 16.3. The van der Waals surface area contributed by atoms with Crippen LogP contribution in [0, 0.1) is 0 Å². The third-order valence-electron chi connectivity index (χ3n) is 5.56. The molecule has 2 aliphatic rings. The van der Waals surface area contributed by atoms with Gasteiger partial charge in [0.15, 0.2) is 9.84 Å². The number of ether oxygens (including phenoxy) is 1. The van der Waals surface area contributed by atoms with Gasteiger partial charge in [-0.15, -0.1) is 0 Å². The van der Waals surface area contributed by atoms with E-state index in [-0.39, 0.29) is 16.4 Å². The molecule has 1 aromatic rings. The maximum atomic E-state index is 12.7. The summed E-state index contributed by atoms with van der Waals surface area (Å²) < 4.78 is 30.9. The summed E-state index contributed by atoms with van der Waals surface area (Å²) in [7, 11) is -3.09. The SMILES string of the molecule is CCOc1ccccc1CCC(=O)N1CC(S(=O)(=O)C2CCCCC2)C1. The van der Waals surface area contributed by atoms with Crippen LogP contribution in [0.1, 0.15) is 51.0 Å². The molecule has 144 valence electrons.